The monoisotopic (exact) mass is 218 g/mol. The smallest absolute Gasteiger partial charge is 0.0468 e. The van der Waals surface area contributed by atoms with Gasteiger partial charge in [0.2, 0.25) is 0 Å². The molecule has 0 aromatic rings. The fraction of sp³-hybridized carbons (Fsp3) is 1.00. The predicted octanol–water partition coefficient (Wildman–Crippen LogP) is 3.54. The Hall–Kier alpha value is -0.0400. The van der Waals surface area contributed by atoms with Crippen LogP contribution in [0.4, 0.5) is 0 Å². The summed E-state index contributed by atoms with van der Waals surface area (Å²) in [5.74, 6) is -5.26. The van der Waals surface area contributed by atoms with Gasteiger partial charge in [0.1, 0.15) is 0 Å². The van der Waals surface area contributed by atoms with Crippen molar-refractivity contribution >= 4 is 0 Å². The molecule has 1 saturated carbocycles. The summed E-state index contributed by atoms with van der Waals surface area (Å²) in [6.07, 6.45) is -5.67. The summed E-state index contributed by atoms with van der Waals surface area (Å²) in [7, 11) is 0. The molecule has 1 nitrogen and oxygen atoms in total. The van der Waals surface area contributed by atoms with Gasteiger partial charge in [-0.3, -0.25) is 4.90 Å². The van der Waals surface area contributed by atoms with Crippen molar-refractivity contribution in [1.82, 2.24) is 4.90 Å². The van der Waals surface area contributed by atoms with Crippen molar-refractivity contribution in [2.45, 2.75) is 65.8 Å². The molecule has 0 aromatic heterocycles. The van der Waals surface area contributed by atoms with Crippen molar-refractivity contribution in [1.29, 1.82) is 0 Å². The molecule has 1 aliphatic carbocycles. The Morgan fingerprint density at radius 1 is 1.13 bits per heavy atom. The molecular formula is C14H27N. The molecule has 1 saturated heterocycles. The molecule has 2 fully saturated rings. The Morgan fingerprint density at radius 2 is 1.73 bits per heavy atom. The molecule has 0 radical (unpaired) electrons. The number of nitrogens with zero attached hydrogens (tertiary/aromatic N) is 1. The Morgan fingerprint density at radius 3 is 2.20 bits per heavy atom. The highest BCUT2D eigenvalue weighted by molar-refractivity contribution is 5.03. The molecule has 2 aliphatic rings. The zero-order valence-electron chi connectivity index (χ0n) is 19.4. The van der Waals surface area contributed by atoms with E-state index < -0.39 is 48.0 Å². The Balaban J connectivity index is 3.04. The largest absolute Gasteiger partial charge is 0.295 e. The van der Waals surface area contributed by atoms with Gasteiger partial charge in [-0.05, 0) is 50.7 Å². The number of fused-ring (bicyclic) bond motifs is 2. The van der Waals surface area contributed by atoms with E-state index in [4.69, 9.17) is 12.3 Å². The van der Waals surface area contributed by atoms with Gasteiger partial charge >= 0.3 is 0 Å². The zero-order valence-corrected chi connectivity index (χ0v) is 10.4. The van der Waals surface area contributed by atoms with Gasteiger partial charge in [-0.25, -0.2) is 0 Å². The summed E-state index contributed by atoms with van der Waals surface area (Å²) in [6.45, 7) is 6.53. The fourth-order valence-corrected chi connectivity index (χ4v) is 1.82. The van der Waals surface area contributed by atoms with Crippen molar-refractivity contribution in [2.24, 2.45) is 17.2 Å². The molecule has 3 atom stereocenters. The van der Waals surface area contributed by atoms with Crippen LogP contribution in [0, 0.1) is 17.2 Å². The molecule has 0 N–H and O–H groups in total. The van der Waals surface area contributed by atoms with Gasteiger partial charge in [0.05, 0.1) is 0 Å². The molecule has 0 aromatic carbocycles. The summed E-state index contributed by atoms with van der Waals surface area (Å²) in [5, 5.41) is 0. The van der Waals surface area contributed by atoms with Crippen LogP contribution < -0.4 is 0 Å². The zero-order chi connectivity index (χ0) is 19.6. The highest BCUT2D eigenvalue weighted by atomic mass is 15.2. The molecule has 2 bridgehead atoms. The third-order valence-corrected chi connectivity index (χ3v) is 2.60. The van der Waals surface area contributed by atoms with Crippen LogP contribution in [0.1, 0.15) is 66.6 Å². The van der Waals surface area contributed by atoms with E-state index in [2.05, 4.69) is 0 Å². The summed E-state index contributed by atoms with van der Waals surface area (Å²) < 4.78 is 77.6. The molecule has 2 rings (SSSR count). The number of hydrogen-bond acceptors (Lipinski definition) is 1. The number of piperidine rings is 1. The third-order valence-electron chi connectivity index (χ3n) is 2.60. The van der Waals surface area contributed by atoms with Gasteiger partial charge in [-0.2, -0.15) is 0 Å². The maximum Gasteiger partial charge on any atom is 0.0468 e. The predicted molar refractivity (Wildman–Crippen MR) is 65.9 cm³/mol. The normalized spacial score (nSPS) is 71.2. The van der Waals surface area contributed by atoms with Crippen molar-refractivity contribution in [3.63, 3.8) is 0 Å². The summed E-state index contributed by atoms with van der Waals surface area (Å²) in [6, 6.07) is -2.71. The first kappa shape index (κ1) is 4.68. The van der Waals surface area contributed by atoms with Crippen LogP contribution in [0.2, 0.25) is 0 Å². The van der Waals surface area contributed by atoms with Crippen LogP contribution >= 0.6 is 0 Å². The van der Waals surface area contributed by atoms with Crippen LogP contribution in [0.25, 0.3) is 0 Å². The van der Waals surface area contributed by atoms with E-state index in [0.29, 0.717) is 0 Å². The summed E-state index contributed by atoms with van der Waals surface area (Å²) >= 11 is 0. The van der Waals surface area contributed by atoms with Crippen molar-refractivity contribution in [3.05, 3.63) is 0 Å². The van der Waals surface area contributed by atoms with Crippen molar-refractivity contribution in [2.75, 3.05) is 6.50 Å². The standard InChI is InChI=1S/C14H27N/c1-13(2,3)12-8-11-7-10(12)9-15(11)14(4,5)6/h10-12H,7-9H2,1-6H3/i7D2,8D2,9D2,10D,11D,12D. The average molecular weight is 218 g/mol. The maximum atomic E-state index is 8.86. The Bertz CT molecular complexity index is 576. The van der Waals surface area contributed by atoms with Gasteiger partial charge in [-0.15, -0.1) is 0 Å². The molecular weight excluding hydrogens is 182 g/mol. The lowest BCUT2D eigenvalue weighted by atomic mass is 9.73. The topological polar surface area (TPSA) is 3.24 Å². The second-order valence-electron chi connectivity index (χ2n) is 6.22. The lowest BCUT2D eigenvalue weighted by Gasteiger charge is -2.44. The maximum absolute atomic E-state index is 8.86. The average Bonchev–Trinajstić information content (AvgIpc) is 2.43. The molecule has 15 heavy (non-hydrogen) atoms. The van der Waals surface area contributed by atoms with E-state index in [9.17, 15) is 0 Å². The SMILES string of the molecule is [2H]C1([2H])N(C(C)(C)C)C2([2H])C([2H])([2H])C([2H])(C(C)(C)C)C1([2H])C2([2H])[2H]. The van der Waals surface area contributed by atoms with Gasteiger partial charge in [0, 0.05) is 30.4 Å². The second kappa shape index (κ2) is 3.23. The summed E-state index contributed by atoms with van der Waals surface area (Å²) in [4.78, 5) is 0.832. The number of hydrogen-bond donors (Lipinski definition) is 0. The lowest BCUT2D eigenvalue weighted by molar-refractivity contribution is 0.0462. The van der Waals surface area contributed by atoms with Crippen LogP contribution in [-0.2, 0) is 0 Å². The third kappa shape index (κ3) is 1.95. The minimum atomic E-state index is -2.89. The molecule has 1 heterocycles. The molecule has 3 unspecified atom stereocenters. The summed E-state index contributed by atoms with van der Waals surface area (Å²) in [5.41, 5.74) is -2.36. The van der Waals surface area contributed by atoms with E-state index in [1.165, 1.54) is 20.8 Å². The van der Waals surface area contributed by atoms with Gasteiger partial charge in [-0.1, -0.05) is 20.8 Å². The highest BCUT2D eigenvalue weighted by Gasteiger charge is 2.50. The molecule has 0 amide bonds. The van der Waals surface area contributed by atoms with Crippen molar-refractivity contribution < 1.29 is 12.3 Å². The van der Waals surface area contributed by atoms with Crippen LogP contribution in [-0.4, -0.2) is 23.0 Å². The molecule has 1 aliphatic heterocycles. The first-order valence-corrected chi connectivity index (χ1v) is 5.42. The molecule has 88 valence electrons. The van der Waals surface area contributed by atoms with E-state index in [-0.39, 0.29) is 0 Å². The van der Waals surface area contributed by atoms with Gasteiger partial charge in [0.25, 0.3) is 0 Å². The van der Waals surface area contributed by atoms with E-state index >= 15 is 0 Å². The van der Waals surface area contributed by atoms with Crippen molar-refractivity contribution in [3.8, 4) is 0 Å². The highest BCUT2D eigenvalue weighted by Crippen LogP contribution is 2.51. The minimum absolute atomic E-state index is 0.832. The van der Waals surface area contributed by atoms with E-state index in [1.807, 2.05) is 0 Å². The van der Waals surface area contributed by atoms with Gasteiger partial charge in [0.15, 0.2) is 0 Å². The minimum Gasteiger partial charge on any atom is -0.295 e. The second-order valence-corrected chi connectivity index (χ2v) is 6.22. The molecule has 1 heteroatoms. The Kier molecular flexibility index (Phi) is 1.01. The number of likely N-dealkylation sites (tertiary alicyclic amines) is 1. The lowest BCUT2D eigenvalue weighted by Crippen LogP contribution is -2.48. The molecule has 0 spiro atoms. The van der Waals surface area contributed by atoms with Crippen LogP contribution in [0.15, 0.2) is 0 Å². The fourth-order valence-electron chi connectivity index (χ4n) is 1.82. The first-order valence-electron chi connectivity index (χ1n) is 9.92. The van der Waals surface area contributed by atoms with Crippen LogP contribution in [0.5, 0.6) is 0 Å². The number of rotatable bonds is 0. The van der Waals surface area contributed by atoms with E-state index in [0.717, 1.165) is 4.90 Å². The van der Waals surface area contributed by atoms with Crippen LogP contribution in [0.3, 0.4) is 0 Å². The Labute approximate surface area is 108 Å². The van der Waals surface area contributed by atoms with E-state index in [1.54, 1.807) is 20.8 Å². The quantitative estimate of drug-likeness (QED) is 0.601. The first-order chi connectivity index (χ1) is 10.1. The van der Waals surface area contributed by atoms with Gasteiger partial charge < -0.3 is 0 Å².